The maximum atomic E-state index is 12.5. The summed E-state index contributed by atoms with van der Waals surface area (Å²) in [6, 6.07) is 5.74. The Kier molecular flexibility index (Phi) is 7.88. The minimum Gasteiger partial charge on any atom is -0.497 e. The number of carbonyl (C=O) groups is 1. The Balaban J connectivity index is 1.93. The third-order valence-electron chi connectivity index (χ3n) is 4.47. The molecule has 0 aromatic heterocycles. The maximum Gasteiger partial charge on any atom is 0.243 e. The van der Waals surface area contributed by atoms with Gasteiger partial charge in [0, 0.05) is 19.6 Å². The number of hydrogen-bond acceptors (Lipinski definition) is 6. The molecule has 1 aliphatic heterocycles. The molecule has 1 aliphatic rings. The molecule has 1 saturated heterocycles. The molecule has 0 aliphatic carbocycles. The van der Waals surface area contributed by atoms with Gasteiger partial charge in [-0.05, 0) is 44.2 Å². The second-order valence-corrected chi connectivity index (χ2v) is 8.39. The van der Waals surface area contributed by atoms with Crippen LogP contribution in [0.2, 0.25) is 0 Å². The van der Waals surface area contributed by atoms with Crippen molar-refractivity contribution in [3.8, 4) is 5.75 Å². The normalized spacial score (nSPS) is 16.6. The molecule has 152 valence electrons. The van der Waals surface area contributed by atoms with Gasteiger partial charge in [0.15, 0.2) is 0 Å². The lowest BCUT2D eigenvalue weighted by Gasteiger charge is -2.29. The highest BCUT2D eigenvalue weighted by Gasteiger charge is 2.28. The molecule has 0 radical (unpaired) electrons. The van der Waals surface area contributed by atoms with Crippen LogP contribution in [0.5, 0.6) is 5.75 Å². The van der Waals surface area contributed by atoms with E-state index in [-0.39, 0.29) is 5.91 Å². The van der Waals surface area contributed by atoms with Crippen LogP contribution in [0, 0.1) is 0 Å². The lowest BCUT2D eigenvalue weighted by molar-refractivity contribution is -0.121. The molecule has 0 spiro atoms. The van der Waals surface area contributed by atoms with Crippen LogP contribution < -0.4 is 14.4 Å². The Bertz CT molecular complexity index is 702. The van der Waals surface area contributed by atoms with Crippen molar-refractivity contribution in [2.75, 3.05) is 57.1 Å². The van der Waals surface area contributed by atoms with E-state index in [1.54, 1.807) is 31.2 Å². The fraction of sp³-hybridized carbons (Fsp3) is 0.611. The van der Waals surface area contributed by atoms with E-state index >= 15 is 0 Å². The molecule has 1 heterocycles. The largest absolute Gasteiger partial charge is 0.497 e. The number of methoxy groups -OCH3 is 1. The molecular formula is C18H29N3O5S. The van der Waals surface area contributed by atoms with E-state index in [0.29, 0.717) is 18.0 Å². The molecular weight excluding hydrogens is 370 g/mol. The summed E-state index contributed by atoms with van der Waals surface area (Å²) in [6.45, 7) is 6.27. The Morgan fingerprint density at radius 3 is 2.48 bits per heavy atom. The number of morpholine rings is 1. The van der Waals surface area contributed by atoms with Gasteiger partial charge in [-0.2, -0.15) is 0 Å². The predicted molar refractivity (Wildman–Crippen MR) is 105 cm³/mol. The van der Waals surface area contributed by atoms with Crippen LogP contribution in [-0.4, -0.2) is 78.0 Å². The average Bonchev–Trinajstić information content (AvgIpc) is 2.65. The first kappa shape index (κ1) is 21.5. The number of carbonyl (C=O) groups excluding carboxylic acids is 1. The average molecular weight is 400 g/mol. The third kappa shape index (κ3) is 6.37. The number of anilines is 1. The van der Waals surface area contributed by atoms with Gasteiger partial charge >= 0.3 is 0 Å². The smallest absolute Gasteiger partial charge is 0.243 e. The van der Waals surface area contributed by atoms with E-state index < -0.39 is 16.1 Å². The zero-order chi connectivity index (χ0) is 19.9. The molecule has 1 aromatic carbocycles. The molecule has 1 amide bonds. The van der Waals surface area contributed by atoms with Crippen molar-refractivity contribution in [2.24, 2.45) is 0 Å². The van der Waals surface area contributed by atoms with Gasteiger partial charge in [0.05, 0.1) is 32.3 Å². The number of nitrogens with zero attached hydrogens (tertiary/aromatic N) is 2. The summed E-state index contributed by atoms with van der Waals surface area (Å²) < 4.78 is 36.1. The van der Waals surface area contributed by atoms with Crippen molar-refractivity contribution in [1.29, 1.82) is 0 Å². The summed E-state index contributed by atoms with van der Waals surface area (Å²) >= 11 is 0. The van der Waals surface area contributed by atoms with Gasteiger partial charge in [0.2, 0.25) is 15.9 Å². The van der Waals surface area contributed by atoms with Crippen molar-refractivity contribution in [2.45, 2.75) is 19.4 Å². The van der Waals surface area contributed by atoms with E-state index in [0.717, 1.165) is 49.8 Å². The van der Waals surface area contributed by atoms with E-state index in [2.05, 4.69) is 10.2 Å². The highest BCUT2D eigenvalue weighted by atomic mass is 32.2. The van der Waals surface area contributed by atoms with Crippen LogP contribution >= 0.6 is 0 Å². The SMILES string of the molecule is COc1ccc(N([C@@H](C)C(=O)NCCCN2CCOCC2)S(C)(=O)=O)cc1. The summed E-state index contributed by atoms with van der Waals surface area (Å²) in [4.78, 5) is 14.8. The van der Waals surface area contributed by atoms with Gasteiger partial charge in [-0.25, -0.2) is 8.42 Å². The Morgan fingerprint density at radius 2 is 1.93 bits per heavy atom. The highest BCUT2D eigenvalue weighted by Crippen LogP contribution is 2.23. The predicted octanol–water partition coefficient (Wildman–Crippen LogP) is 0.688. The Morgan fingerprint density at radius 1 is 1.30 bits per heavy atom. The van der Waals surface area contributed by atoms with Crippen LogP contribution in [0.4, 0.5) is 5.69 Å². The van der Waals surface area contributed by atoms with E-state index in [1.165, 1.54) is 7.11 Å². The lowest BCUT2D eigenvalue weighted by Crippen LogP contribution is -2.48. The highest BCUT2D eigenvalue weighted by molar-refractivity contribution is 7.92. The summed E-state index contributed by atoms with van der Waals surface area (Å²) in [5.74, 6) is 0.297. The summed E-state index contributed by atoms with van der Waals surface area (Å²) in [6.07, 6.45) is 1.90. The standard InChI is InChI=1S/C18H29N3O5S/c1-15(18(22)19-9-4-10-20-11-13-26-14-12-20)21(27(3,23)24)16-5-7-17(25-2)8-6-16/h5-8,15H,4,9-14H2,1-3H3,(H,19,22)/t15-/m0/s1. The molecule has 2 rings (SSSR count). The van der Waals surface area contributed by atoms with E-state index in [4.69, 9.17) is 9.47 Å². The number of rotatable bonds is 9. The van der Waals surface area contributed by atoms with Crippen molar-refractivity contribution >= 4 is 21.6 Å². The molecule has 0 saturated carbocycles. The maximum absolute atomic E-state index is 12.5. The number of ether oxygens (including phenoxy) is 2. The van der Waals surface area contributed by atoms with E-state index in [1.807, 2.05) is 0 Å². The van der Waals surface area contributed by atoms with Crippen LogP contribution in [0.3, 0.4) is 0 Å². The topological polar surface area (TPSA) is 88.2 Å². The Labute approximate surface area is 161 Å². The quantitative estimate of drug-likeness (QED) is 0.615. The van der Waals surface area contributed by atoms with Crippen LogP contribution in [0.15, 0.2) is 24.3 Å². The van der Waals surface area contributed by atoms with Gasteiger partial charge in [0.25, 0.3) is 0 Å². The number of nitrogens with one attached hydrogen (secondary N) is 1. The molecule has 1 aromatic rings. The van der Waals surface area contributed by atoms with Gasteiger partial charge in [-0.1, -0.05) is 0 Å². The van der Waals surface area contributed by atoms with Gasteiger partial charge in [0.1, 0.15) is 11.8 Å². The molecule has 8 nitrogen and oxygen atoms in total. The van der Waals surface area contributed by atoms with E-state index in [9.17, 15) is 13.2 Å². The lowest BCUT2D eigenvalue weighted by atomic mass is 10.2. The molecule has 9 heteroatoms. The van der Waals surface area contributed by atoms with Gasteiger partial charge in [-0.3, -0.25) is 14.0 Å². The van der Waals surface area contributed by atoms with Crippen molar-refractivity contribution < 1.29 is 22.7 Å². The van der Waals surface area contributed by atoms with Crippen molar-refractivity contribution in [1.82, 2.24) is 10.2 Å². The molecule has 0 bridgehead atoms. The fourth-order valence-electron chi connectivity index (χ4n) is 3.02. The molecule has 1 N–H and O–H groups in total. The Hall–Kier alpha value is -1.84. The van der Waals surface area contributed by atoms with Crippen LogP contribution in [0.1, 0.15) is 13.3 Å². The second-order valence-electron chi connectivity index (χ2n) is 6.53. The monoisotopic (exact) mass is 399 g/mol. The molecule has 1 fully saturated rings. The first-order valence-electron chi connectivity index (χ1n) is 9.04. The van der Waals surface area contributed by atoms with Gasteiger partial charge in [-0.15, -0.1) is 0 Å². The zero-order valence-electron chi connectivity index (χ0n) is 16.2. The van der Waals surface area contributed by atoms with Crippen LogP contribution in [-0.2, 0) is 19.6 Å². The summed E-state index contributed by atoms with van der Waals surface area (Å²) in [5.41, 5.74) is 0.425. The minimum absolute atomic E-state index is 0.321. The summed E-state index contributed by atoms with van der Waals surface area (Å²) in [5, 5.41) is 2.84. The number of amides is 1. The first-order valence-corrected chi connectivity index (χ1v) is 10.9. The van der Waals surface area contributed by atoms with Crippen LogP contribution in [0.25, 0.3) is 0 Å². The molecule has 27 heavy (non-hydrogen) atoms. The second kappa shape index (κ2) is 9.91. The van der Waals surface area contributed by atoms with Gasteiger partial charge < -0.3 is 14.8 Å². The first-order chi connectivity index (χ1) is 12.8. The third-order valence-corrected chi connectivity index (χ3v) is 5.71. The zero-order valence-corrected chi connectivity index (χ0v) is 17.0. The summed E-state index contributed by atoms with van der Waals surface area (Å²) in [7, 11) is -2.08. The minimum atomic E-state index is -3.62. The number of sulfonamides is 1. The van der Waals surface area contributed by atoms with Crippen molar-refractivity contribution in [3.63, 3.8) is 0 Å². The fourth-order valence-corrected chi connectivity index (χ4v) is 4.20. The number of hydrogen-bond donors (Lipinski definition) is 1. The molecule has 0 unspecified atom stereocenters. The molecule has 1 atom stereocenters. The van der Waals surface area contributed by atoms with Crippen molar-refractivity contribution in [3.05, 3.63) is 24.3 Å². The number of benzene rings is 1.